The van der Waals surface area contributed by atoms with Crippen LogP contribution in [0.15, 0.2) is 23.8 Å². The van der Waals surface area contributed by atoms with Crippen molar-refractivity contribution in [1.29, 1.82) is 0 Å². The van der Waals surface area contributed by atoms with Crippen LogP contribution in [0.3, 0.4) is 0 Å². The minimum Gasteiger partial charge on any atom is -0.457 e. The third kappa shape index (κ3) is 4.04. The van der Waals surface area contributed by atoms with Gasteiger partial charge in [-0.05, 0) is 64.2 Å². The van der Waals surface area contributed by atoms with E-state index in [0.717, 1.165) is 32.1 Å². The molecule has 0 N–H and O–H groups in total. The summed E-state index contributed by atoms with van der Waals surface area (Å²) in [6.45, 7) is 15.5. The van der Waals surface area contributed by atoms with Gasteiger partial charge in [-0.15, -0.1) is 0 Å². The number of carbonyl (C=O) groups is 1. The van der Waals surface area contributed by atoms with E-state index >= 15 is 0 Å². The monoisotopic (exact) mass is 374 g/mol. The fraction of sp³-hybridized carbons (Fsp3) is 0.792. The molecule has 3 heteroatoms. The zero-order valence-electron chi connectivity index (χ0n) is 17.9. The highest BCUT2D eigenvalue weighted by Gasteiger charge is 2.58. The summed E-state index contributed by atoms with van der Waals surface area (Å²) >= 11 is 0. The van der Waals surface area contributed by atoms with Crippen LogP contribution in [0.5, 0.6) is 0 Å². The van der Waals surface area contributed by atoms with Gasteiger partial charge in [-0.1, -0.05) is 44.6 Å². The molecule has 2 heterocycles. The first kappa shape index (κ1) is 20.6. The lowest BCUT2D eigenvalue weighted by atomic mass is 9.61. The summed E-state index contributed by atoms with van der Waals surface area (Å²) in [5.41, 5.74) is 2.18. The number of rotatable bonds is 4. The molecule has 2 aliphatic heterocycles. The van der Waals surface area contributed by atoms with E-state index in [4.69, 9.17) is 9.47 Å². The average Bonchev–Trinajstić information content (AvgIpc) is 2.97. The van der Waals surface area contributed by atoms with Crippen LogP contribution in [0.25, 0.3) is 0 Å². The second-order valence-corrected chi connectivity index (χ2v) is 9.63. The van der Waals surface area contributed by atoms with Crippen molar-refractivity contribution in [2.24, 2.45) is 23.7 Å². The van der Waals surface area contributed by atoms with Gasteiger partial charge < -0.3 is 9.47 Å². The SMILES string of the molecule is C=C1CC[C@H](C(C)C)[C@@H]2[C@H]1[C@H]1C/C(C)=C\CC[C@@](C)(OC(=O)CCC)[C@H]2O1. The summed E-state index contributed by atoms with van der Waals surface area (Å²) in [4.78, 5) is 12.5. The molecule has 0 unspecified atom stereocenters. The van der Waals surface area contributed by atoms with Crippen molar-refractivity contribution < 1.29 is 14.3 Å². The molecule has 3 rings (SSSR count). The van der Waals surface area contributed by atoms with Crippen molar-refractivity contribution in [3.8, 4) is 0 Å². The maximum atomic E-state index is 12.5. The third-order valence-corrected chi connectivity index (χ3v) is 7.17. The summed E-state index contributed by atoms with van der Waals surface area (Å²) in [5.74, 6) is 1.91. The van der Waals surface area contributed by atoms with Gasteiger partial charge in [0.25, 0.3) is 0 Å². The zero-order valence-corrected chi connectivity index (χ0v) is 17.9. The van der Waals surface area contributed by atoms with Crippen molar-refractivity contribution in [3.05, 3.63) is 23.8 Å². The van der Waals surface area contributed by atoms with Gasteiger partial charge in [-0.2, -0.15) is 0 Å². The van der Waals surface area contributed by atoms with E-state index < -0.39 is 5.60 Å². The van der Waals surface area contributed by atoms with E-state index in [-0.39, 0.29) is 18.2 Å². The number of fused-ring (bicyclic) bond motifs is 5. The molecule has 1 aliphatic carbocycles. The summed E-state index contributed by atoms with van der Waals surface area (Å²) < 4.78 is 12.9. The van der Waals surface area contributed by atoms with Crippen LogP contribution in [-0.2, 0) is 14.3 Å². The predicted octanol–water partition coefficient (Wildman–Crippen LogP) is 5.84. The van der Waals surface area contributed by atoms with Crippen LogP contribution in [0.4, 0.5) is 0 Å². The maximum absolute atomic E-state index is 12.5. The fourth-order valence-electron chi connectivity index (χ4n) is 5.81. The smallest absolute Gasteiger partial charge is 0.306 e. The number of allylic oxidation sites excluding steroid dienone is 1. The topological polar surface area (TPSA) is 35.5 Å². The maximum Gasteiger partial charge on any atom is 0.306 e. The van der Waals surface area contributed by atoms with Crippen LogP contribution >= 0.6 is 0 Å². The first-order chi connectivity index (χ1) is 12.8. The molecule has 3 aliphatic rings. The molecule has 27 heavy (non-hydrogen) atoms. The molecule has 1 saturated heterocycles. The van der Waals surface area contributed by atoms with Crippen molar-refractivity contribution in [2.45, 2.75) is 97.4 Å². The average molecular weight is 375 g/mol. The minimum atomic E-state index is -0.560. The van der Waals surface area contributed by atoms with E-state index in [1.165, 1.54) is 17.6 Å². The number of carbonyl (C=O) groups excluding carboxylic acids is 1. The normalized spacial score (nSPS) is 41.2. The highest BCUT2D eigenvalue weighted by Crippen LogP contribution is 2.55. The molecule has 0 radical (unpaired) electrons. The molecule has 2 fully saturated rings. The molecule has 0 aromatic heterocycles. The minimum absolute atomic E-state index is 0.0305. The second-order valence-electron chi connectivity index (χ2n) is 9.63. The lowest BCUT2D eigenvalue weighted by Gasteiger charge is -2.45. The molecule has 0 aromatic rings. The van der Waals surface area contributed by atoms with Gasteiger partial charge in [0.15, 0.2) is 0 Å². The van der Waals surface area contributed by atoms with Gasteiger partial charge >= 0.3 is 5.97 Å². The molecule has 2 bridgehead atoms. The van der Waals surface area contributed by atoms with Crippen LogP contribution in [0.1, 0.15) is 79.6 Å². The molecule has 152 valence electrons. The molecular weight excluding hydrogens is 336 g/mol. The highest BCUT2D eigenvalue weighted by atomic mass is 16.6. The lowest BCUT2D eigenvalue weighted by Crippen LogP contribution is -2.50. The Morgan fingerprint density at radius 2 is 2.19 bits per heavy atom. The molecule has 0 spiro atoms. The Balaban J connectivity index is 2.00. The van der Waals surface area contributed by atoms with Gasteiger partial charge in [0.1, 0.15) is 11.7 Å². The molecule has 0 aromatic carbocycles. The Kier molecular flexibility index (Phi) is 6.20. The van der Waals surface area contributed by atoms with Crippen molar-refractivity contribution in [2.75, 3.05) is 0 Å². The predicted molar refractivity (Wildman–Crippen MR) is 109 cm³/mol. The summed E-state index contributed by atoms with van der Waals surface area (Å²) in [6.07, 6.45) is 8.79. The summed E-state index contributed by atoms with van der Waals surface area (Å²) in [7, 11) is 0. The van der Waals surface area contributed by atoms with E-state index in [0.29, 0.717) is 30.1 Å². The highest BCUT2D eigenvalue weighted by molar-refractivity contribution is 5.69. The molecule has 1 saturated carbocycles. The zero-order chi connectivity index (χ0) is 19.8. The van der Waals surface area contributed by atoms with Gasteiger partial charge in [0, 0.05) is 18.3 Å². The Bertz CT molecular complexity index is 605. The van der Waals surface area contributed by atoms with Gasteiger partial charge in [0.05, 0.1) is 6.10 Å². The first-order valence-corrected chi connectivity index (χ1v) is 11.0. The molecule has 3 nitrogen and oxygen atoms in total. The second kappa shape index (κ2) is 8.11. The standard InChI is InChI=1S/C24H38O3/c1-7-9-20(25)27-24(6)13-8-10-16(4)14-19-21-17(5)11-12-18(15(2)3)22(21)23(24)26-19/h10,15,18-19,21-23H,5,7-9,11-14H2,1-4,6H3/b16-10-/t18-,19-,21-,22-,23+,24-/m1/s1. The number of hydrogen-bond donors (Lipinski definition) is 0. The Hall–Kier alpha value is -1.09. The van der Waals surface area contributed by atoms with Crippen LogP contribution < -0.4 is 0 Å². The summed E-state index contributed by atoms with van der Waals surface area (Å²) in [6, 6.07) is 0. The molecule has 0 amide bonds. The van der Waals surface area contributed by atoms with Gasteiger partial charge in [-0.3, -0.25) is 4.79 Å². The number of hydrogen-bond acceptors (Lipinski definition) is 3. The first-order valence-electron chi connectivity index (χ1n) is 11.0. The van der Waals surface area contributed by atoms with E-state index in [2.05, 4.69) is 40.3 Å². The van der Waals surface area contributed by atoms with E-state index in [1.807, 2.05) is 6.92 Å². The quantitative estimate of drug-likeness (QED) is 0.458. The van der Waals surface area contributed by atoms with Gasteiger partial charge in [0.2, 0.25) is 0 Å². The van der Waals surface area contributed by atoms with Crippen LogP contribution in [-0.4, -0.2) is 23.8 Å². The van der Waals surface area contributed by atoms with Gasteiger partial charge in [-0.25, -0.2) is 0 Å². The summed E-state index contributed by atoms with van der Waals surface area (Å²) in [5, 5.41) is 0. The number of esters is 1. The lowest BCUT2D eigenvalue weighted by molar-refractivity contribution is -0.181. The largest absolute Gasteiger partial charge is 0.457 e. The van der Waals surface area contributed by atoms with Crippen LogP contribution in [0, 0.1) is 23.7 Å². The van der Waals surface area contributed by atoms with E-state index in [1.54, 1.807) is 0 Å². The van der Waals surface area contributed by atoms with E-state index in [9.17, 15) is 4.79 Å². The van der Waals surface area contributed by atoms with Crippen molar-refractivity contribution >= 4 is 5.97 Å². The number of ether oxygens (including phenoxy) is 2. The third-order valence-electron chi connectivity index (χ3n) is 7.17. The molecular formula is C24H38O3. The van der Waals surface area contributed by atoms with Crippen molar-refractivity contribution in [1.82, 2.24) is 0 Å². The van der Waals surface area contributed by atoms with Crippen molar-refractivity contribution in [3.63, 3.8) is 0 Å². The Morgan fingerprint density at radius 3 is 2.85 bits per heavy atom. The molecule has 6 atom stereocenters. The van der Waals surface area contributed by atoms with Crippen LogP contribution in [0.2, 0.25) is 0 Å². The Morgan fingerprint density at radius 1 is 1.44 bits per heavy atom. The Labute approximate surface area is 165 Å². The fourth-order valence-corrected chi connectivity index (χ4v) is 5.81.